The number of hydrogen-bond donors (Lipinski definition) is 1. The minimum atomic E-state index is -0.653. The zero-order valence-corrected chi connectivity index (χ0v) is 14.9. The van der Waals surface area contributed by atoms with E-state index in [1.807, 2.05) is 6.92 Å². The van der Waals surface area contributed by atoms with Crippen LogP contribution in [-0.4, -0.2) is 23.6 Å². The molecule has 1 aliphatic heterocycles. The van der Waals surface area contributed by atoms with Crippen molar-refractivity contribution in [1.29, 1.82) is 0 Å². The van der Waals surface area contributed by atoms with Crippen LogP contribution in [0, 0.1) is 11.6 Å². The Morgan fingerprint density at radius 2 is 1.83 bits per heavy atom. The number of carbonyl (C=O) groups excluding carboxylic acids is 1. The molecule has 24 heavy (non-hydrogen) atoms. The van der Waals surface area contributed by atoms with E-state index in [0.717, 1.165) is 17.3 Å². The minimum absolute atomic E-state index is 0.00910. The number of carbonyl (C=O) groups is 1. The molecule has 1 N–H and O–H groups in total. The Bertz CT molecular complexity index is 746. The monoisotopic (exact) mass is 397 g/mol. The number of rotatable bonds is 4. The van der Waals surface area contributed by atoms with Gasteiger partial charge in [-0.1, -0.05) is 0 Å². The van der Waals surface area contributed by atoms with Gasteiger partial charge in [0, 0.05) is 36.0 Å². The van der Waals surface area contributed by atoms with Crippen molar-refractivity contribution in [2.24, 2.45) is 0 Å². The van der Waals surface area contributed by atoms with Crippen LogP contribution in [0.1, 0.15) is 30.3 Å². The molecule has 3 rings (SSSR count). The Kier molecular flexibility index (Phi) is 4.89. The Hall–Kier alpha value is -1.89. The number of nitrogens with zero attached hydrogens (tertiary/aromatic N) is 2. The molecule has 2 heterocycles. The van der Waals surface area contributed by atoms with Gasteiger partial charge in [0.05, 0.1) is 0 Å². The Morgan fingerprint density at radius 3 is 2.42 bits per heavy atom. The van der Waals surface area contributed by atoms with Crippen molar-refractivity contribution < 1.29 is 13.6 Å². The van der Waals surface area contributed by atoms with Gasteiger partial charge in [-0.3, -0.25) is 4.79 Å². The number of amides is 1. The van der Waals surface area contributed by atoms with Gasteiger partial charge in [0.25, 0.3) is 5.91 Å². The molecule has 1 amide bonds. The van der Waals surface area contributed by atoms with Gasteiger partial charge in [-0.2, -0.15) is 0 Å². The summed E-state index contributed by atoms with van der Waals surface area (Å²) in [6.07, 6.45) is 3.65. The molecule has 7 heteroatoms. The van der Waals surface area contributed by atoms with E-state index in [-0.39, 0.29) is 11.4 Å². The molecule has 0 aliphatic carbocycles. The second-order valence-corrected chi connectivity index (χ2v) is 6.68. The van der Waals surface area contributed by atoms with E-state index < -0.39 is 17.5 Å². The van der Waals surface area contributed by atoms with E-state index in [0.29, 0.717) is 25.3 Å². The second kappa shape index (κ2) is 6.93. The first-order valence-corrected chi connectivity index (χ1v) is 8.70. The lowest BCUT2D eigenvalue weighted by Gasteiger charge is -2.20. The number of aromatic nitrogens is 1. The van der Waals surface area contributed by atoms with Gasteiger partial charge < -0.3 is 14.8 Å². The molecule has 0 saturated carbocycles. The first kappa shape index (κ1) is 17.0. The van der Waals surface area contributed by atoms with Crippen LogP contribution in [0.5, 0.6) is 0 Å². The predicted octanol–water partition coefficient (Wildman–Crippen LogP) is 4.40. The van der Waals surface area contributed by atoms with Gasteiger partial charge in [-0.05, 0) is 53.9 Å². The Balaban J connectivity index is 1.84. The van der Waals surface area contributed by atoms with Gasteiger partial charge in [0.2, 0.25) is 0 Å². The third-order valence-electron chi connectivity index (χ3n) is 4.13. The summed E-state index contributed by atoms with van der Waals surface area (Å²) in [4.78, 5) is 14.1. The van der Waals surface area contributed by atoms with Crippen LogP contribution in [-0.2, 0) is 6.54 Å². The first-order valence-electron chi connectivity index (χ1n) is 7.90. The molecule has 4 nitrogen and oxygen atoms in total. The normalized spacial score (nSPS) is 14.2. The van der Waals surface area contributed by atoms with E-state index in [9.17, 15) is 13.6 Å². The fourth-order valence-corrected chi connectivity index (χ4v) is 3.47. The molecule has 0 radical (unpaired) electrons. The largest absolute Gasteiger partial charge is 0.367 e. The SMILES string of the molecule is CCn1cc(Br)cc1C(=O)Nc1cc(F)c(N2CCCC2)c(F)c1. The van der Waals surface area contributed by atoms with Crippen LogP contribution in [0.3, 0.4) is 0 Å². The van der Waals surface area contributed by atoms with Crippen molar-refractivity contribution in [1.82, 2.24) is 4.57 Å². The van der Waals surface area contributed by atoms with Crippen molar-refractivity contribution in [2.75, 3.05) is 23.3 Å². The van der Waals surface area contributed by atoms with Crippen molar-refractivity contribution in [3.63, 3.8) is 0 Å². The molecule has 0 spiro atoms. The summed E-state index contributed by atoms with van der Waals surface area (Å²) in [6, 6.07) is 4.01. The van der Waals surface area contributed by atoms with Crippen LogP contribution in [0.25, 0.3) is 0 Å². The molecule has 0 atom stereocenters. The molecule has 0 unspecified atom stereocenters. The summed E-state index contributed by atoms with van der Waals surface area (Å²) in [5.41, 5.74) is 0.525. The molecular weight excluding hydrogens is 380 g/mol. The number of nitrogens with one attached hydrogen (secondary N) is 1. The van der Waals surface area contributed by atoms with E-state index in [1.54, 1.807) is 21.7 Å². The maximum Gasteiger partial charge on any atom is 0.272 e. The lowest BCUT2D eigenvalue weighted by atomic mass is 10.2. The third kappa shape index (κ3) is 3.31. The summed E-state index contributed by atoms with van der Waals surface area (Å²) in [7, 11) is 0. The highest BCUT2D eigenvalue weighted by atomic mass is 79.9. The Labute approximate surface area is 147 Å². The van der Waals surface area contributed by atoms with Crippen LogP contribution in [0.15, 0.2) is 28.9 Å². The summed E-state index contributed by atoms with van der Waals surface area (Å²) in [5, 5.41) is 2.57. The standard InChI is InChI=1S/C17H18BrF2N3O/c1-2-22-10-11(18)7-15(22)17(24)21-12-8-13(19)16(14(20)9-12)23-5-3-4-6-23/h7-10H,2-6H2,1H3,(H,21,24). The summed E-state index contributed by atoms with van der Waals surface area (Å²) < 4.78 is 31.2. The van der Waals surface area contributed by atoms with Crippen molar-refractivity contribution in [3.05, 3.63) is 46.2 Å². The van der Waals surface area contributed by atoms with E-state index in [2.05, 4.69) is 21.2 Å². The number of anilines is 2. The maximum absolute atomic E-state index is 14.3. The quantitative estimate of drug-likeness (QED) is 0.829. The highest BCUT2D eigenvalue weighted by Crippen LogP contribution is 2.30. The summed E-state index contributed by atoms with van der Waals surface area (Å²) >= 11 is 3.32. The Morgan fingerprint density at radius 1 is 1.21 bits per heavy atom. The van der Waals surface area contributed by atoms with E-state index >= 15 is 0 Å². The van der Waals surface area contributed by atoms with Crippen LogP contribution < -0.4 is 10.2 Å². The third-order valence-corrected chi connectivity index (χ3v) is 4.57. The molecule has 1 fully saturated rings. The van der Waals surface area contributed by atoms with Gasteiger partial charge in [0.15, 0.2) is 11.6 Å². The highest BCUT2D eigenvalue weighted by Gasteiger charge is 2.22. The molecule has 0 bridgehead atoms. The summed E-state index contributed by atoms with van der Waals surface area (Å²) in [6.45, 7) is 3.83. The van der Waals surface area contributed by atoms with Crippen LogP contribution >= 0.6 is 15.9 Å². The maximum atomic E-state index is 14.3. The molecule has 1 aromatic carbocycles. The van der Waals surface area contributed by atoms with Gasteiger partial charge in [-0.25, -0.2) is 8.78 Å². The number of hydrogen-bond acceptors (Lipinski definition) is 2. The zero-order chi connectivity index (χ0) is 17.3. The van der Waals surface area contributed by atoms with Crippen molar-refractivity contribution in [2.45, 2.75) is 26.3 Å². The van der Waals surface area contributed by atoms with Crippen molar-refractivity contribution >= 4 is 33.2 Å². The number of aryl methyl sites for hydroxylation is 1. The fourth-order valence-electron chi connectivity index (χ4n) is 3.00. The number of benzene rings is 1. The number of halogens is 3. The molecule has 1 aliphatic rings. The van der Waals surface area contributed by atoms with Gasteiger partial charge >= 0.3 is 0 Å². The average Bonchev–Trinajstić information content (AvgIpc) is 3.16. The van der Waals surface area contributed by atoms with Crippen LogP contribution in [0.2, 0.25) is 0 Å². The van der Waals surface area contributed by atoms with Crippen molar-refractivity contribution in [3.8, 4) is 0 Å². The van der Waals surface area contributed by atoms with Crippen LogP contribution in [0.4, 0.5) is 20.2 Å². The highest BCUT2D eigenvalue weighted by molar-refractivity contribution is 9.10. The first-order chi connectivity index (χ1) is 11.5. The predicted molar refractivity (Wildman–Crippen MR) is 93.6 cm³/mol. The topological polar surface area (TPSA) is 37.3 Å². The lowest BCUT2D eigenvalue weighted by Crippen LogP contribution is -2.21. The molecule has 2 aromatic rings. The summed E-state index contributed by atoms with van der Waals surface area (Å²) in [5.74, 6) is -1.71. The second-order valence-electron chi connectivity index (χ2n) is 5.77. The molecule has 1 aromatic heterocycles. The lowest BCUT2D eigenvalue weighted by molar-refractivity contribution is 0.101. The average molecular weight is 398 g/mol. The molecule has 128 valence electrons. The van der Waals surface area contributed by atoms with Gasteiger partial charge in [-0.15, -0.1) is 0 Å². The fraction of sp³-hybridized carbons (Fsp3) is 0.353. The molecular formula is C17H18BrF2N3O. The minimum Gasteiger partial charge on any atom is -0.367 e. The molecule has 1 saturated heterocycles. The smallest absolute Gasteiger partial charge is 0.272 e. The zero-order valence-electron chi connectivity index (χ0n) is 13.3. The van der Waals surface area contributed by atoms with Gasteiger partial charge in [0.1, 0.15) is 11.4 Å². The van der Waals surface area contributed by atoms with E-state index in [4.69, 9.17) is 0 Å². The van der Waals surface area contributed by atoms with E-state index in [1.165, 1.54) is 12.1 Å².